The van der Waals surface area contributed by atoms with Gasteiger partial charge in [-0.05, 0) is 90.5 Å². The van der Waals surface area contributed by atoms with Gasteiger partial charge in [-0.25, -0.2) is 0 Å². The summed E-state index contributed by atoms with van der Waals surface area (Å²) in [5.74, 6) is -0.565. The van der Waals surface area contributed by atoms with Gasteiger partial charge in [0.1, 0.15) is 12.4 Å². The Hall–Kier alpha value is -3.66. The van der Waals surface area contributed by atoms with Crippen LogP contribution in [0.2, 0.25) is 30.1 Å². The fourth-order valence-corrected chi connectivity index (χ4v) is 5.24. The molecule has 0 aliphatic rings. The Morgan fingerprint density at radius 2 is 1.13 bits per heavy atom. The molecule has 1 atom stereocenters. The van der Waals surface area contributed by atoms with E-state index in [9.17, 15) is 14.7 Å². The first-order valence-electron chi connectivity index (χ1n) is 13.7. The van der Waals surface area contributed by atoms with Gasteiger partial charge in [-0.15, -0.1) is 0 Å². The largest absolute Gasteiger partial charge is 0.489 e. The minimum Gasteiger partial charge on any atom is -0.489 e. The summed E-state index contributed by atoms with van der Waals surface area (Å²) in [4.78, 5) is 26.2. The smallest absolute Gasteiger partial charge is 0.255 e. The van der Waals surface area contributed by atoms with Crippen molar-refractivity contribution in [3.05, 3.63) is 149 Å². The molecular weight excluding hydrogens is 727 g/mol. The van der Waals surface area contributed by atoms with Gasteiger partial charge in [-0.3, -0.25) is 9.59 Å². The van der Waals surface area contributed by atoms with Crippen molar-refractivity contribution in [2.24, 2.45) is 0 Å². The fraction of sp³-hybridized carbons (Fsp3) is 0.0588. The predicted molar refractivity (Wildman–Crippen MR) is 191 cm³/mol. The number of carbonyl (C=O) groups excluding carboxylic acids is 2. The van der Waals surface area contributed by atoms with Crippen LogP contribution in [-0.4, -0.2) is 16.9 Å². The van der Waals surface area contributed by atoms with Gasteiger partial charge in [0, 0.05) is 33.8 Å². The van der Waals surface area contributed by atoms with E-state index >= 15 is 0 Å². The van der Waals surface area contributed by atoms with E-state index in [1.165, 1.54) is 18.2 Å². The summed E-state index contributed by atoms with van der Waals surface area (Å²) in [5, 5.41) is 21.6. The standard InChI is InChI=1S/C34H23Cl6N3O4/c35-26-7-4-22(14-29(26)38)41-32(44)19-3-1-2-18(10-19)17-47-25-12-20(33(45)42-23-5-8-27(36)30(39)15-23)11-21(13-25)34(46)43-24-6-9-28(37)31(40)16-24/h1-16,33,42,45H,17H2,(H,41,44)(H,43,46). The number of nitrogens with one attached hydrogen (secondary N) is 3. The third-order valence-electron chi connectivity index (χ3n) is 6.68. The van der Waals surface area contributed by atoms with Crippen molar-refractivity contribution in [1.82, 2.24) is 0 Å². The van der Waals surface area contributed by atoms with Crippen molar-refractivity contribution in [2.45, 2.75) is 12.8 Å². The molecule has 0 bridgehead atoms. The van der Waals surface area contributed by atoms with Crippen LogP contribution in [0.1, 0.15) is 38.1 Å². The van der Waals surface area contributed by atoms with Crippen molar-refractivity contribution in [3.8, 4) is 5.75 Å². The molecule has 5 aromatic carbocycles. The van der Waals surface area contributed by atoms with Gasteiger partial charge in [0.2, 0.25) is 0 Å². The van der Waals surface area contributed by atoms with Crippen LogP contribution in [0.25, 0.3) is 0 Å². The molecule has 240 valence electrons. The summed E-state index contributed by atoms with van der Waals surface area (Å²) in [6.07, 6.45) is -1.26. The number of amides is 2. The number of benzene rings is 5. The fourth-order valence-electron chi connectivity index (χ4n) is 4.34. The SMILES string of the molecule is O=C(Nc1ccc(Cl)c(Cl)c1)c1cccc(COc2cc(C(=O)Nc3ccc(Cl)c(Cl)c3)cc(C(O)Nc3ccc(Cl)c(Cl)c3)c2)c1. The predicted octanol–water partition coefficient (Wildman–Crippen LogP) is 10.8. The van der Waals surface area contributed by atoms with Crippen LogP contribution in [0.5, 0.6) is 5.75 Å². The van der Waals surface area contributed by atoms with Crippen LogP contribution in [0, 0.1) is 0 Å². The van der Waals surface area contributed by atoms with E-state index < -0.39 is 12.1 Å². The molecule has 1 unspecified atom stereocenters. The Morgan fingerprint density at radius 3 is 1.70 bits per heavy atom. The maximum absolute atomic E-state index is 13.3. The molecule has 0 aromatic heterocycles. The Kier molecular flexibility index (Phi) is 11.4. The third-order valence-corrected chi connectivity index (χ3v) is 8.90. The highest BCUT2D eigenvalue weighted by Crippen LogP contribution is 2.30. The molecule has 5 aromatic rings. The van der Waals surface area contributed by atoms with Gasteiger partial charge >= 0.3 is 0 Å². The molecule has 0 saturated heterocycles. The Morgan fingerprint density at radius 1 is 0.596 bits per heavy atom. The van der Waals surface area contributed by atoms with Crippen LogP contribution < -0.4 is 20.7 Å². The Labute approximate surface area is 300 Å². The number of aliphatic hydroxyl groups is 1. The lowest BCUT2D eigenvalue weighted by atomic mass is 10.1. The first-order valence-corrected chi connectivity index (χ1v) is 16.0. The van der Waals surface area contributed by atoms with E-state index in [1.807, 2.05) is 0 Å². The van der Waals surface area contributed by atoms with E-state index in [2.05, 4.69) is 16.0 Å². The highest BCUT2D eigenvalue weighted by molar-refractivity contribution is 6.43. The molecule has 0 fully saturated rings. The maximum atomic E-state index is 13.3. The molecule has 2 amide bonds. The lowest BCUT2D eigenvalue weighted by molar-refractivity contribution is 0.101. The van der Waals surface area contributed by atoms with Gasteiger partial charge in [0.05, 0.1) is 30.1 Å². The average molecular weight is 750 g/mol. The van der Waals surface area contributed by atoms with Crippen LogP contribution in [-0.2, 0) is 6.61 Å². The topological polar surface area (TPSA) is 99.7 Å². The molecule has 5 rings (SSSR count). The molecule has 47 heavy (non-hydrogen) atoms. The van der Waals surface area contributed by atoms with Crippen LogP contribution in [0.15, 0.2) is 97.1 Å². The molecule has 13 heteroatoms. The quantitative estimate of drug-likeness (QED) is 0.107. The normalized spacial score (nSPS) is 11.5. The summed E-state index contributed by atoms with van der Waals surface area (Å²) in [7, 11) is 0. The molecular formula is C34H23Cl6N3O4. The molecule has 0 aliphatic carbocycles. The lowest BCUT2D eigenvalue weighted by Gasteiger charge is -2.18. The van der Waals surface area contributed by atoms with Gasteiger partial charge in [-0.1, -0.05) is 81.7 Å². The zero-order valence-electron chi connectivity index (χ0n) is 24.0. The summed E-state index contributed by atoms with van der Waals surface area (Å²) >= 11 is 36.3. The zero-order chi connectivity index (χ0) is 33.7. The van der Waals surface area contributed by atoms with E-state index in [4.69, 9.17) is 74.3 Å². The second-order valence-corrected chi connectivity index (χ2v) is 12.6. The van der Waals surface area contributed by atoms with Crippen LogP contribution in [0.3, 0.4) is 0 Å². The number of hydrogen-bond acceptors (Lipinski definition) is 5. The summed E-state index contributed by atoms with van der Waals surface area (Å²) in [6, 6.07) is 25.8. The molecule has 0 saturated carbocycles. The van der Waals surface area contributed by atoms with E-state index in [1.54, 1.807) is 78.9 Å². The number of carbonyl (C=O) groups is 2. The molecule has 0 spiro atoms. The second-order valence-electron chi connectivity index (χ2n) is 10.1. The first-order chi connectivity index (χ1) is 22.4. The minimum absolute atomic E-state index is 0.0432. The number of halogens is 6. The lowest BCUT2D eigenvalue weighted by Crippen LogP contribution is -2.15. The first kappa shape index (κ1) is 34.7. The zero-order valence-corrected chi connectivity index (χ0v) is 28.5. The molecule has 4 N–H and O–H groups in total. The van der Waals surface area contributed by atoms with Gasteiger partial charge in [0.25, 0.3) is 11.8 Å². The summed E-state index contributed by atoms with van der Waals surface area (Å²) in [5.41, 5.74) is 2.97. The number of anilines is 3. The van der Waals surface area contributed by atoms with E-state index in [0.29, 0.717) is 58.9 Å². The van der Waals surface area contributed by atoms with E-state index in [-0.39, 0.29) is 28.8 Å². The van der Waals surface area contributed by atoms with Crippen molar-refractivity contribution in [3.63, 3.8) is 0 Å². The Bertz CT molecular complexity index is 1970. The highest BCUT2D eigenvalue weighted by Gasteiger charge is 2.17. The van der Waals surface area contributed by atoms with Crippen LogP contribution >= 0.6 is 69.6 Å². The molecule has 7 nitrogen and oxygen atoms in total. The number of ether oxygens (including phenoxy) is 1. The molecule has 0 radical (unpaired) electrons. The Balaban J connectivity index is 1.37. The summed E-state index contributed by atoms with van der Waals surface area (Å²) < 4.78 is 6.07. The number of aliphatic hydroxyl groups excluding tert-OH is 1. The minimum atomic E-state index is -1.26. The van der Waals surface area contributed by atoms with Gasteiger partial charge < -0.3 is 25.8 Å². The van der Waals surface area contributed by atoms with E-state index in [0.717, 1.165) is 0 Å². The van der Waals surface area contributed by atoms with Crippen LogP contribution in [0.4, 0.5) is 17.1 Å². The number of rotatable bonds is 10. The van der Waals surface area contributed by atoms with Gasteiger partial charge in [-0.2, -0.15) is 0 Å². The highest BCUT2D eigenvalue weighted by atomic mass is 35.5. The molecule has 0 aliphatic heterocycles. The second kappa shape index (κ2) is 15.5. The monoisotopic (exact) mass is 747 g/mol. The van der Waals surface area contributed by atoms with Gasteiger partial charge in [0.15, 0.2) is 6.23 Å². The maximum Gasteiger partial charge on any atom is 0.255 e. The number of hydrogen-bond donors (Lipinski definition) is 4. The average Bonchev–Trinajstić information content (AvgIpc) is 3.05. The van der Waals surface area contributed by atoms with Crippen molar-refractivity contribution >= 4 is 98.5 Å². The molecule has 0 heterocycles. The summed E-state index contributed by atoms with van der Waals surface area (Å²) in [6.45, 7) is 0.0432. The third kappa shape index (κ3) is 9.24. The van der Waals surface area contributed by atoms with Crippen molar-refractivity contribution in [2.75, 3.05) is 16.0 Å². The van der Waals surface area contributed by atoms with Crippen molar-refractivity contribution < 1.29 is 19.4 Å². The van der Waals surface area contributed by atoms with Crippen molar-refractivity contribution in [1.29, 1.82) is 0 Å².